The van der Waals surface area contributed by atoms with Crippen LogP contribution >= 0.6 is 0 Å². The van der Waals surface area contributed by atoms with Gasteiger partial charge in [-0.1, -0.05) is 32.1 Å². The molecule has 11 atom stereocenters. The Balaban J connectivity index is 1.82. The molecule has 3 rings (SSSR count). The van der Waals surface area contributed by atoms with Gasteiger partial charge in [-0.25, -0.2) is 4.79 Å². The van der Waals surface area contributed by atoms with Crippen LogP contribution in [0.4, 0.5) is 0 Å². The van der Waals surface area contributed by atoms with Crippen molar-refractivity contribution in [2.45, 2.75) is 113 Å². The third-order valence-electron chi connectivity index (χ3n) is 7.44. The van der Waals surface area contributed by atoms with Gasteiger partial charge in [0.25, 0.3) is 0 Å². The molecule has 0 aromatic carbocycles. The highest BCUT2D eigenvalue weighted by molar-refractivity contribution is 5.73. The van der Waals surface area contributed by atoms with Crippen molar-refractivity contribution in [3.8, 4) is 0 Å². The fourth-order valence-electron chi connectivity index (χ4n) is 5.43. The van der Waals surface area contributed by atoms with E-state index in [2.05, 4.69) is 5.32 Å². The minimum absolute atomic E-state index is 0.122. The number of aliphatic hydroxyl groups excluding tert-OH is 5. The predicted molar refractivity (Wildman–Crippen MR) is 126 cm³/mol. The lowest BCUT2D eigenvalue weighted by Gasteiger charge is -2.48. The molecule has 220 valence electrons. The fraction of sp³-hybridized carbons (Fsp3) is 0.917. The predicted octanol–water partition coefficient (Wildman–Crippen LogP) is -2.15. The van der Waals surface area contributed by atoms with Gasteiger partial charge in [0.1, 0.15) is 48.8 Å². The van der Waals surface area contributed by atoms with Gasteiger partial charge in [0.2, 0.25) is 5.91 Å². The highest BCUT2D eigenvalue weighted by Crippen LogP contribution is 2.33. The van der Waals surface area contributed by atoms with E-state index in [-0.39, 0.29) is 12.3 Å². The zero-order chi connectivity index (χ0) is 28.0. The maximum atomic E-state index is 12.0. The van der Waals surface area contributed by atoms with Crippen LogP contribution in [0, 0.1) is 5.92 Å². The average molecular weight is 552 g/mol. The number of nitrogens with one attached hydrogen (secondary N) is 1. The molecule has 0 aromatic rings. The van der Waals surface area contributed by atoms with Crippen LogP contribution < -0.4 is 5.32 Å². The van der Waals surface area contributed by atoms with Crippen LogP contribution in [-0.4, -0.2) is 130 Å². The first-order chi connectivity index (χ1) is 18.1. The summed E-state index contributed by atoms with van der Waals surface area (Å²) in [6.45, 7) is -0.104. The normalized spacial score (nSPS) is 39.4. The lowest BCUT2D eigenvalue weighted by atomic mass is 9.85. The number of carbonyl (C=O) groups excluding carboxylic acids is 1. The number of methoxy groups -OCH3 is 1. The summed E-state index contributed by atoms with van der Waals surface area (Å²) in [5.74, 6) is -1.64. The monoisotopic (exact) mass is 551 g/mol. The van der Waals surface area contributed by atoms with E-state index < -0.39 is 92.5 Å². The molecule has 1 amide bonds. The van der Waals surface area contributed by atoms with E-state index >= 15 is 0 Å². The van der Waals surface area contributed by atoms with E-state index in [0.717, 1.165) is 32.1 Å². The maximum Gasteiger partial charge on any atom is 0.332 e. The Morgan fingerprint density at radius 2 is 1.50 bits per heavy atom. The molecule has 2 heterocycles. The quantitative estimate of drug-likeness (QED) is 0.146. The number of rotatable bonds is 11. The molecular formula is C24H41NO13. The number of amides is 1. The zero-order valence-electron chi connectivity index (χ0n) is 21.6. The van der Waals surface area contributed by atoms with Crippen molar-refractivity contribution in [1.29, 1.82) is 0 Å². The Hall–Kier alpha value is -1.46. The summed E-state index contributed by atoms with van der Waals surface area (Å²) < 4.78 is 27.9. The molecule has 14 heteroatoms. The molecule has 0 spiro atoms. The number of ether oxygens (including phenoxy) is 5. The third-order valence-corrected chi connectivity index (χ3v) is 7.44. The number of aliphatic carboxylic acids is 1. The Bertz CT molecular complexity index is 766. The van der Waals surface area contributed by atoms with Gasteiger partial charge in [0.15, 0.2) is 18.7 Å². The van der Waals surface area contributed by atoms with Crippen LogP contribution in [0.5, 0.6) is 0 Å². The van der Waals surface area contributed by atoms with Gasteiger partial charge in [-0.2, -0.15) is 0 Å². The van der Waals surface area contributed by atoms with Gasteiger partial charge in [-0.3, -0.25) is 4.79 Å². The minimum Gasteiger partial charge on any atom is -0.479 e. The van der Waals surface area contributed by atoms with Gasteiger partial charge in [0, 0.05) is 14.0 Å². The van der Waals surface area contributed by atoms with Crippen molar-refractivity contribution < 1.29 is 63.9 Å². The molecule has 38 heavy (non-hydrogen) atoms. The summed E-state index contributed by atoms with van der Waals surface area (Å²) in [5, 5.41) is 64.5. The Kier molecular flexibility index (Phi) is 11.7. The molecule has 3 aliphatic rings. The number of carbonyl (C=O) groups is 2. The van der Waals surface area contributed by atoms with Gasteiger partial charge in [-0.05, 0) is 12.3 Å². The molecule has 1 saturated carbocycles. The molecule has 2 saturated heterocycles. The first kappa shape index (κ1) is 31.1. The molecule has 0 bridgehead atoms. The number of carboxylic acid groups (broad SMARTS) is 1. The van der Waals surface area contributed by atoms with Crippen molar-refractivity contribution in [2.75, 3.05) is 20.3 Å². The lowest BCUT2D eigenvalue weighted by molar-refractivity contribution is -0.348. The summed E-state index contributed by atoms with van der Waals surface area (Å²) in [4.78, 5) is 23.9. The molecule has 7 N–H and O–H groups in total. The maximum absolute atomic E-state index is 12.0. The van der Waals surface area contributed by atoms with Gasteiger partial charge < -0.3 is 59.6 Å². The SMILES string of the molecule is CO[C@@H]1O[C@H](CO)[C@H](O)[C@H](O[C@@H]2O[C@H](CO)[C@H](O)[C@H](O[C@@H](CC3CCCCC3)C(=O)O)[C@H]2O)[C@H]1NC(C)=O. The second kappa shape index (κ2) is 14.3. The number of aliphatic hydroxyl groups is 5. The van der Waals surface area contributed by atoms with Crippen LogP contribution in [0.1, 0.15) is 45.4 Å². The van der Waals surface area contributed by atoms with Crippen molar-refractivity contribution in [1.82, 2.24) is 5.32 Å². The Morgan fingerprint density at radius 1 is 0.921 bits per heavy atom. The first-order valence-corrected chi connectivity index (χ1v) is 13.0. The van der Waals surface area contributed by atoms with Crippen molar-refractivity contribution >= 4 is 11.9 Å². The molecule has 2 aliphatic heterocycles. The van der Waals surface area contributed by atoms with E-state index in [9.17, 15) is 40.2 Å². The molecule has 1 aliphatic carbocycles. The van der Waals surface area contributed by atoms with E-state index in [1.807, 2.05) is 0 Å². The molecular weight excluding hydrogens is 510 g/mol. The topological polar surface area (TPSA) is 214 Å². The largest absolute Gasteiger partial charge is 0.479 e. The summed E-state index contributed by atoms with van der Waals surface area (Å²) in [7, 11) is 1.29. The highest BCUT2D eigenvalue weighted by atomic mass is 16.7. The number of carboxylic acids is 1. The number of hydrogen-bond donors (Lipinski definition) is 7. The van der Waals surface area contributed by atoms with Crippen LogP contribution in [0.3, 0.4) is 0 Å². The zero-order valence-corrected chi connectivity index (χ0v) is 21.6. The summed E-state index contributed by atoms with van der Waals surface area (Å²) in [5.41, 5.74) is 0. The van der Waals surface area contributed by atoms with Crippen molar-refractivity contribution in [3.63, 3.8) is 0 Å². The molecule has 0 unspecified atom stereocenters. The molecule has 0 radical (unpaired) electrons. The first-order valence-electron chi connectivity index (χ1n) is 13.0. The Labute approximate surface area is 220 Å². The smallest absolute Gasteiger partial charge is 0.332 e. The van der Waals surface area contributed by atoms with Crippen LogP contribution in [-0.2, 0) is 33.3 Å². The minimum atomic E-state index is -1.75. The number of hydrogen-bond acceptors (Lipinski definition) is 12. The van der Waals surface area contributed by atoms with E-state index in [4.69, 9.17) is 23.7 Å². The second-order valence-corrected chi connectivity index (χ2v) is 10.2. The highest BCUT2D eigenvalue weighted by Gasteiger charge is 2.52. The molecule has 3 fully saturated rings. The standard InChI is InChI=1S/C24H41NO13/c1-11(28)25-16-20(17(29)14(9-26)36-23(16)34-2)38-24-19(31)21(18(30)15(10-27)37-24)35-13(22(32)33)8-12-6-4-3-5-7-12/h12-21,23-24,26-27,29-31H,3-10H2,1-2H3,(H,25,28)(H,32,33)/t13-,14+,15+,16+,17-,18-,19+,20+,21-,23+,24-/m0/s1. The van der Waals surface area contributed by atoms with Crippen molar-refractivity contribution in [3.05, 3.63) is 0 Å². The van der Waals surface area contributed by atoms with Crippen molar-refractivity contribution in [2.24, 2.45) is 5.92 Å². The van der Waals surface area contributed by atoms with Gasteiger partial charge in [-0.15, -0.1) is 0 Å². The second-order valence-electron chi connectivity index (χ2n) is 10.2. The fourth-order valence-corrected chi connectivity index (χ4v) is 5.43. The average Bonchev–Trinajstić information content (AvgIpc) is 2.89. The molecule has 0 aromatic heterocycles. The third kappa shape index (κ3) is 7.38. The van der Waals surface area contributed by atoms with Crippen LogP contribution in [0.15, 0.2) is 0 Å². The Morgan fingerprint density at radius 3 is 2.03 bits per heavy atom. The summed E-state index contributed by atoms with van der Waals surface area (Å²) in [6.07, 6.45) is -9.35. The molecule has 14 nitrogen and oxygen atoms in total. The van der Waals surface area contributed by atoms with E-state index in [1.54, 1.807) is 0 Å². The van der Waals surface area contributed by atoms with Gasteiger partial charge in [0.05, 0.1) is 13.2 Å². The van der Waals surface area contributed by atoms with E-state index in [1.165, 1.54) is 14.0 Å². The lowest BCUT2D eigenvalue weighted by Crippen LogP contribution is -2.68. The van der Waals surface area contributed by atoms with E-state index in [0.29, 0.717) is 0 Å². The van der Waals surface area contributed by atoms with Gasteiger partial charge >= 0.3 is 5.97 Å². The van der Waals surface area contributed by atoms with Crippen LogP contribution in [0.25, 0.3) is 0 Å². The summed E-state index contributed by atoms with van der Waals surface area (Å²) in [6, 6.07) is -1.11. The van der Waals surface area contributed by atoms with Crippen LogP contribution in [0.2, 0.25) is 0 Å². The summed E-state index contributed by atoms with van der Waals surface area (Å²) >= 11 is 0.